The van der Waals surface area contributed by atoms with Crippen molar-refractivity contribution >= 4 is 23.9 Å². The highest BCUT2D eigenvalue weighted by atomic mass is 16.6. The van der Waals surface area contributed by atoms with Gasteiger partial charge in [0, 0.05) is 12.2 Å². The molecule has 8 heteroatoms. The second kappa shape index (κ2) is 6.98. The summed E-state index contributed by atoms with van der Waals surface area (Å²) in [5.41, 5.74) is 0. The molecular weight excluding hydrogens is 224 g/mol. The second-order valence-electron chi connectivity index (χ2n) is 2.34. The second-order valence-corrected chi connectivity index (χ2v) is 2.34. The number of aliphatic carboxylic acids is 2. The molecule has 88 valence electrons. The number of carboxylic acids is 2. The van der Waals surface area contributed by atoms with Crippen LogP contribution < -0.4 is 0 Å². The quantitative estimate of drug-likeness (QED) is 0.431. The fraction of sp³-hybridized carbons (Fsp3) is 0.250. The van der Waals surface area contributed by atoms with Gasteiger partial charge >= 0.3 is 23.9 Å². The predicted octanol–water partition coefficient (Wildman–Crippen LogP) is -1.20. The lowest BCUT2D eigenvalue weighted by molar-refractivity contribution is -0.152. The van der Waals surface area contributed by atoms with Gasteiger partial charge in [-0.2, -0.15) is 0 Å². The van der Waals surface area contributed by atoms with Crippen molar-refractivity contribution in [1.29, 1.82) is 0 Å². The summed E-state index contributed by atoms with van der Waals surface area (Å²) in [4.78, 5) is 41.3. The highest BCUT2D eigenvalue weighted by molar-refractivity contribution is 5.92. The van der Waals surface area contributed by atoms with Crippen molar-refractivity contribution in [2.75, 3.05) is 13.2 Å². The topological polar surface area (TPSA) is 127 Å². The molecular formula is C8H8O8. The van der Waals surface area contributed by atoms with Crippen LogP contribution in [-0.2, 0) is 28.7 Å². The summed E-state index contributed by atoms with van der Waals surface area (Å²) in [5, 5.41) is 16.3. The van der Waals surface area contributed by atoms with Crippen LogP contribution in [-0.4, -0.2) is 47.3 Å². The summed E-state index contributed by atoms with van der Waals surface area (Å²) in [7, 11) is 0. The monoisotopic (exact) mass is 232 g/mol. The summed E-state index contributed by atoms with van der Waals surface area (Å²) in [5.74, 6) is -4.77. The van der Waals surface area contributed by atoms with E-state index in [1.807, 2.05) is 0 Å². The summed E-state index contributed by atoms with van der Waals surface area (Å²) >= 11 is 0. The van der Waals surface area contributed by atoms with Gasteiger partial charge in [0.2, 0.25) is 0 Å². The lowest BCUT2D eigenvalue weighted by Gasteiger charge is -1.97. The Bertz CT molecular complexity index is 297. The largest absolute Gasteiger partial charge is 0.479 e. The summed E-state index contributed by atoms with van der Waals surface area (Å²) < 4.78 is 8.26. The molecule has 0 spiro atoms. The number of carbonyl (C=O) groups excluding carboxylic acids is 2. The molecule has 0 radical (unpaired) electrons. The zero-order valence-electron chi connectivity index (χ0n) is 7.91. The first-order chi connectivity index (χ1) is 7.41. The molecule has 0 amide bonds. The van der Waals surface area contributed by atoms with E-state index >= 15 is 0 Å². The maximum atomic E-state index is 10.7. The SMILES string of the molecule is O=C(O)COC(=O)/C=C/C(=O)OCC(=O)O. The molecule has 16 heavy (non-hydrogen) atoms. The number of carbonyl (C=O) groups is 4. The van der Waals surface area contributed by atoms with Crippen LogP contribution >= 0.6 is 0 Å². The van der Waals surface area contributed by atoms with E-state index in [9.17, 15) is 19.2 Å². The Morgan fingerprint density at radius 1 is 0.812 bits per heavy atom. The Kier molecular flexibility index (Phi) is 5.95. The van der Waals surface area contributed by atoms with E-state index < -0.39 is 37.1 Å². The standard InChI is InChI=1S/C8H8O8/c9-5(10)3-15-7(13)1-2-8(14)16-4-6(11)12/h1-2H,3-4H2,(H,9,10)(H,11,12)/b2-1+. The van der Waals surface area contributed by atoms with Gasteiger partial charge in [-0.1, -0.05) is 0 Å². The van der Waals surface area contributed by atoms with Gasteiger partial charge in [-0.3, -0.25) is 0 Å². The molecule has 8 nitrogen and oxygen atoms in total. The predicted molar refractivity (Wildman–Crippen MR) is 46.3 cm³/mol. The van der Waals surface area contributed by atoms with Crippen molar-refractivity contribution in [2.24, 2.45) is 0 Å². The van der Waals surface area contributed by atoms with Crippen LogP contribution in [0.1, 0.15) is 0 Å². The van der Waals surface area contributed by atoms with Crippen LogP contribution in [0.4, 0.5) is 0 Å². The number of esters is 2. The van der Waals surface area contributed by atoms with Gasteiger partial charge in [-0.25, -0.2) is 19.2 Å². The Balaban J connectivity index is 3.88. The zero-order chi connectivity index (χ0) is 12.6. The van der Waals surface area contributed by atoms with E-state index in [1.54, 1.807) is 0 Å². The number of hydrogen-bond acceptors (Lipinski definition) is 6. The van der Waals surface area contributed by atoms with E-state index in [0.29, 0.717) is 12.2 Å². The smallest absolute Gasteiger partial charge is 0.341 e. The minimum atomic E-state index is -1.34. The highest BCUT2D eigenvalue weighted by Crippen LogP contribution is 1.86. The number of hydrogen-bond donors (Lipinski definition) is 2. The van der Waals surface area contributed by atoms with Crippen LogP contribution in [0, 0.1) is 0 Å². The van der Waals surface area contributed by atoms with Gasteiger partial charge in [0.1, 0.15) is 0 Å². The molecule has 0 aromatic rings. The third kappa shape index (κ3) is 8.23. The maximum absolute atomic E-state index is 10.7. The third-order valence-electron chi connectivity index (χ3n) is 1.03. The highest BCUT2D eigenvalue weighted by Gasteiger charge is 2.05. The number of carboxylic acid groups (broad SMARTS) is 2. The molecule has 0 saturated heterocycles. The Morgan fingerprint density at radius 2 is 1.12 bits per heavy atom. The Morgan fingerprint density at radius 3 is 1.38 bits per heavy atom. The number of rotatable bonds is 6. The molecule has 0 bridgehead atoms. The fourth-order valence-electron chi connectivity index (χ4n) is 0.498. The van der Waals surface area contributed by atoms with Crippen molar-refractivity contribution in [3.63, 3.8) is 0 Å². The van der Waals surface area contributed by atoms with E-state index in [1.165, 1.54) is 0 Å². The third-order valence-corrected chi connectivity index (χ3v) is 1.03. The summed E-state index contributed by atoms with van der Waals surface area (Å²) in [6, 6.07) is 0. The molecule has 2 N–H and O–H groups in total. The molecule has 0 atom stereocenters. The van der Waals surface area contributed by atoms with Crippen molar-refractivity contribution in [3.05, 3.63) is 12.2 Å². The zero-order valence-corrected chi connectivity index (χ0v) is 7.91. The Labute approximate surface area is 89.1 Å². The van der Waals surface area contributed by atoms with Gasteiger partial charge in [0.15, 0.2) is 13.2 Å². The first-order valence-electron chi connectivity index (χ1n) is 3.87. The lowest BCUT2D eigenvalue weighted by atomic mass is 10.5. The van der Waals surface area contributed by atoms with Crippen molar-refractivity contribution in [1.82, 2.24) is 0 Å². The van der Waals surface area contributed by atoms with E-state index in [0.717, 1.165) is 0 Å². The van der Waals surface area contributed by atoms with E-state index in [4.69, 9.17) is 10.2 Å². The first kappa shape index (κ1) is 13.6. The molecule has 0 heterocycles. The minimum Gasteiger partial charge on any atom is -0.479 e. The van der Waals surface area contributed by atoms with Gasteiger partial charge in [0.05, 0.1) is 0 Å². The molecule has 0 unspecified atom stereocenters. The van der Waals surface area contributed by atoms with Crippen LogP contribution in [0.3, 0.4) is 0 Å². The molecule has 0 fully saturated rings. The molecule has 0 aromatic heterocycles. The van der Waals surface area contributed by atoms with Crippen molar-refractivity contribution < 1.29 is 38.9 Å². The molecule has 0 aliphatic carbocycles. The van der Waals surface area contributed by atoms with Gasteiger partial charge in [-0.05, 0) is 0 Å². The fourth-order valence-corrected chi connectivity index (χ4v) is 0.498. The van der Waals surface area contributed by atoms with Crippen molar-refractivity contribution in [2.45, 2.75) is 0 Å². The molecule has 0 aromatic carbocycles. The molecule has 0 aliphatic rings. The van der Waals surface area contributed by atoms with Gasteiger partial charge in [-0.15, -0.1) is 0 Å². The molecule has 0 rings (SSSR count). The molecule has 0 saturated carbocycles. The summed E-state index contributed by atoms with van der Waals surface area (Å²) in [6.07, 6.45) is 1.26. The van der Waals surface area contributed by atoms with Crippen LogP contribution in [0.15, 0.2) is 12.2 Å². The summed E-state index contributed by atoms with van der Waals surface area (Å²) in [6.45, 7) is -1.65. The normalized spacial score (nSPS) is 9.75. The first-order valence-corrected chi connectivity index (χ1v) is 3.87. The van der Waals surface area contributed by atoms with Crippen LogP contribution in [0.25, 0.3) is 0 Å². The minimum absolute atomic E-state index is 0.632. The lowest BCUT2D eigenvalue weighted by Crippen LogP contribution is -2.13. The molecule has 0 aliphatic heterocycles. The van der Waals surface area contributed by atoms with Crippen LogP contribution in [0.5, 0.6) is 0 Å². The van der Waals surface area contributed by atoms with Crippen LogP contribution in [0.2, 0.25) is 0 Å². The van der Waals surface area contributed by atoms with Gasteiger partial charge < -0.3 is 19.7 Å². The average molecular weight is 232 g/mol. The maximum Gasteiger partial charge on any atom is 0.341 e. The van der Waals surface area contributed by atoms with E-state index in [2.05, 4.69) is 9.47 Å². The average Bonchev–Trinajstić information content (AvgIpc) is 2.20. The van der Waals surface area contributed by atoms with Gasteiger partial charge in [0.25, 0.3) is 0 Å². The van der Waals surface area contributed by atoms with E-state index in [-0.39, 0.29) is 0 Å². The Hall–Kier alpha value is -2.38. The number of ether oxygens (including phenoxy) is 2. The van der Waals surface area contributed by atoms with Crippen molar-refractivity contribution in [3.8, 4) is 0 Å².